The first-order chi connectivity index (χ1) is 14.7. The number of imidazole rings is 1. The molecule has 30 heavy (non-hydrogen) atoms. The van der Waals surface area contributed by atoms with Crippen molar-refractivity contribution in [1.82, 2.24) is 25.1 Å². The van der Waals surface area contributed by atoms with Crippen molar-refractivity contribution in [1.29, 1.82) is 0 Å². The van der Waals surface area contributed by atoms with Crippen LogP contribution in [0.2, 0.25) is 0 Å². The number of hydrogen-bond acceptors (Lipinski definition) is 4. The number of rotatable bonds is 7. The second kappa shape index (κ2) is 9.58. The lowest BCUT2D eigenvalue weighted by atomic mass is 10.2. The third-order valence-electron chi connectivity index (χ3n) is 5.39. The van der Waals surface area contributed by atoms with Crippen molar-refractivity contribution in [3.63, 3.8) is 0 Å². The van der Waals surface area contributed by atoms with Crippen LogP contribution in [0.5, 0.6) is 0 Å². The van der Waals surface area contributed by atoms with Crippen LogP contribution in [0.1, 0.15) is 30.2 Å². The van der Waals surface area contributed by atoms with Gasteiger partial charge in [0.05, 0.1) is 24.3 Å². The van der Waals surface area contributed by atoms with Gasteiger partial charge in [0.25, 0.3) is 0 Å². The minimum absolute atomic E-state index is 0.160. The van der Waals surface area contributed by atoms with Gasteiger partial charge < -0.3 is 19.6 Å². The van der Waals surface area contributed by atoms with Crippen molar-refractivity contribution in [3.8, 4) is 5.69 Å². The lowest BCUT2D eigenvalue weighted by Crippen LogP contribution is -2.42. The molecule has 1 unspecified atom stereocenters. The average Bonchev–Trinajstić information content (AvgIpc) is 3.54. The molecule has 0 aliphatic carbocycles. The topological polar surface area (TPSA) is 70.6 Å². The quantitative estimate of drug-likeness (QED) is 0.463. The minimum Gasteiger partial charge on any atom is -0.468 e. The van der Waals surface area contributed by atoms with Gasteiger partial charge in [-0.25, -0.2) is 9.37 Å². The monoisotopic (exact) mass is 410 g/mol. The number of likely N-dealkylation sites (tertiary alicyclic amines) is 1. The van der Waals surface area contributed by atoms with Crippen LogP contribution in [0.15, 0.2) is 64.7 Å². The SMILES string of the molecule is CN=C(NCc1ccc(-n2ccnc2)c(F)c1)NCC(c1ccco1)N1CCCC1. The van der Waals surface area contributed by atoms with Gasteiger partial charge in [-0.3, -0.25) is 9.89 Å². The highest BCUT2D eigenvalue weighted by atomic mass is 19.1. The number of aliphatic imine (C=N–C) groups is 1. The maximum Gasteiger partial charge on any atom is 0.191 e. The fraction of sp³-hybridized carbons (Fsp3) is 0.364. The number of aromatic nitrogens is 2. The molecule has 2 aromatic heterocycles. The number of hydrogen-bond donors (Lipinski definition) is 2. The molecule has 1 aromatic carbocycles. The van der Waals surface area contributed by atoms with Crippen molar-refractivity contribution in [2.75, 3.05) is 26.7 Å². The Bertz CT molecular complexity index is 948. The Morgan fingerprint density at radius 2 is 2.13 bits per heavy atom. The van der Waals surface area contributed by atoms with Crippen LogP contribution in [-0.2, 0) is 6.54 Å². The number of benzene rings is 1. The van der Waals surface area contributed by atoms with E-state index in [-0.39, 0.29) is 11.9 Å². The molecule has 3 heterocycles. The minimum atomic E-state index is -0.290. The van der Waals surface area contributed by atoms with E-state index < -0.39 is 0 Å². The van der Waals surface area contributed by atoms with Gasteiger partial charge in [-0.15, -0.1) is 0 Å². The largest absolute Gasteiger partial charge is 0.468 e. The molecule has 4 rings (SSSR count). The molecule has 0 bridgehead atoms. The zero-order chi connectivity index (χ0) is 20.8. The van der Waals surface area contributed by atoms with Crippen molar-refractivity contribution < 1.29 is 8.81 Å². The zero-order valence-corrected chi connectivity index (χ0v) is 17.1. The Labute approximate surface area is 175 Å². The number of furan rings is 1. The van der Waals surface area contributed by atoms with Crippen molar-refractivity contribution in [2.24, 2.45) is 4.99 Å². The Balaban J connectivity index is 1.35. The predicted octanol–water partition coefficient (Wildman–Crippen LogP) is 3.11. The van der Waals surface area contributed by atoms with Gasteiger partial charge in [0, 0.05) is 32.5 Å². The first-order valence-corrected chi connectivity index (χ1v) is 10.2. The second-order valence-corrected chi connectivity index (χ2v) is 7.34. The van der Waals surface area contributed by atoms with Crippen LogP contribution in [0, 0.1) is 5.82 Å². The molecule has 1 aliphatic rings. The molecular formula is C22H27FN6O. The molecule has 0 spiro atoms. The third-order valence-corrected chi connectivity index (χ3v) is 5.39. The van der Waals surface area contributed by atoms with Crippen LogP contribution in [-0.4, -0.2) is 47.1 Å². The molecular weight excluding hydrogens is 383 g/mol. The van der Waals surface area contributed by atoms with Gasteiger partial charge >= 0.3 is 0 Å². The highest BCUT2D eigenvalue weighted by molar-refractivity contribution is 5.79. The summed E-state index contributed by atoms with van der Waals surface area (Å²) in [5.74, 6) is 1.34. The molecule has 1 saturated heterocycles. The van der Waals surface area contributed by atoms with E-state index in [4.69, 9.17) is 4.42 Å². The Morgan fingerprint density at radius 1 is 1.27 bits per heavy atom. The fourth-order valence-corrected chi connectivity index (χ4v) is 3.81. The molecule has 3 aromatic rings. The van der Waals surface area contributed by atoms with E-state index in [1.165, 1.54) is 18.9 Å². The summed E-state index contributed by atoms with van der Waals surface area (Å²) < 4.78 is 21.8. The number of halogens is 1. The van der Waals surface area contributed by atoms with E-state index in [2.05, 4.69) is 25.5 Å². The first-order valence-electron chi connectivity index (χ1n) is 10.2. The Morgan fingerprint density at radius 3 is 2.80 bits per heavy atom. The highest BCUT2D eigenvalue weighted by Gasteiger charge is 2.25. The van der Waals surface area contributed by atoms with Crippen LogP contribution >= 0.6 is 0 Å². The summed E-state index contributed by atoms with van der Waals surface area (Å²) in [5, 5.41) is 6.65. The number of nitrogens with one attached hydrogen (secondary N) is 2. The van der Waals surface area contributed by atoms with Crippen LogP contribution in [0.25, 0.3) is 5.69 Å². The molecule has 0 saturated carbocycles. The Hall–Kier alpha value is -3.13. The van der Waals surface area contributed by atoms with Gasteiger partial charge in [-0.05, 0) is 55.8 Å². The van der Waals surface area contributed by atoms with Gasteiger partial charge in [0.1, 0.15) is 11.6 Å². The maximum atomic E-state index is 14.5. The number of guanidine groups is 1. The molecule has 2 N–H and O–H groups in total. The summed E-state index contributed by atoms with van der Waals surface area (Å²) in [4.78, 5) is 10.7. The van der Waals surface area contributed by atoms with Crippen LogP contribution < -0.4 is 10.6 Å². The summed E-state index contributed by atoms with van der Waals surface area (Å²) in [5.41, 5.74) is 1.31. The van der Waals surface area contributed by atoms with E-state index in [1.807, 2.05) is 18.2 Å². The molecule has 7 nitrogen and oxygen atoms in total. The summed E-state index contributed by atoms with van der Waals surface area (Å²) in [6.45, 7) is 3.29. The molecule has 0 radical (unpaired) electrons. The van der Waals surface area contributed by atoms with E-state index >= 15 is 0 Å². The summed E-state index contributed by atoms with van der Waals surface area (Å²) in [7, 11) is 1.73. The van der Waals surface area contributed by atoms with Gasteiger partial charge in [0.2, 0.25) is 0 Å². The van der Waals surface area contributed by atoms with E-state index in [0.717, 1.165) is 24.4 Å². The van der Waals surface area contributed by atoms with Gasteiger partial charge in [-0.1, -0.05) is 6.07 Å². The second-order valence-electron chi connectivity index (χ2n) is 7.34. The zero-order valence-electron chi connectivity index (χ0n) is 17.1. The maximum absolute atomic E-state index is 14.5. The third kappa shape index (κ3) is 4.71. The van der Waals surface area contributed by atoms with Crippen LogP contribution in [0.4, 0.5) is 4.39 Å². The molecule has 1 atom stereocenters. The summed E-state index contributed by atoms with van der Waals surface area (Å²) >= 11 is 0. The molecule has 158 valence electrons. The molecule has 0 amide bonds. The van der Waals surface area contributed by atoms with E-state index in [9.17, 15) is 4.39 Å². The summed E-state index contributed by atoms with van der Waals surface area (Å²) in [6, 6.07) is 9.29. The standard InChI is InChI=1S/C22H27FN6O/c1-24-22(27-15-20(21-5-4-12-30-21)28-9-2-3-10-28)26-14-17-6-7-19(18(23)13-17)29-11-8-25-16-29/h4-8,11-13,16,20H,2-3,9-10,14-15H2,1H3,(H2,24,26,27). The van der Waals surface area contributed by atoms with E-state index in [1.54, 1.807) is 42.7 Å². The molecule has 1 fully saturated rings. The average molecular weight is 410 g/mol. The van der Waals surface area contributed by atoms with Crippen molar-refractivity contribution >= 4 is 5.96 Å². The van der Waals surface area contributed by atoms with Crippen molar-refractivity contribution in [2.45, 2.75) is 25.4 Å². The normalized spacial score (nSPS) is 16.0. The molecule has 8 heteroatoms. The summed E-state index contributed by atoms with van der Waals surface area (Å²) in [6.07, 6.45) is 9.07. The smallest absolute Gasteiger partial charge is 0.191 e. The molecule has 1 aliphatic heterocycles. The highest BCUT2D eigenvalue weighted by Crippen LogP contribution is 2.24. The number of nitrogens with zero attached hydrogens (tertiary/aromatic N) is 4. The predicted molar refractivity (Wildman–Crippen MR) is 114 cm³/mol. The van der Waals surface area contributed by atoms with E-state index in [0.29, 0.717) is 24.7 Å². The fourth-order valence-electron chi connectivity index (χ4n) is 3.81. The van der Waals surface area contributed by atoms with Gasteiger partial charge in [0.15, 0.2) is 5.96 Å². The van der Waals surface area contributed by atoms with Crippen LogP contribution in [0.3, 0.4) is 0 Å². The first kappa shape index (κ1) is 20.2. The van der Waals surface area contributed by atoms with Crippen molar-refractivity contribution in [3.05, 3.63) is 72.5 Å². The Kier molecular flexibility index (Phi) is 6.44. The van der Waals surface area contributed by atoms with Gasteiger partial charge in [-0.2, -0.15) is 0 Å². The lowest BCUT2D eigenvalue weighted by Gasteiger charge is -2.26. The lowest BCUT2D eigenvalue weighted by molar-refractivity contribution is 0.215.